The summed E-state index contributed by atoms with van der Waals surface area (Å²) in [6.45, 7) is 1.85. The van der Waals surface area contributed by atoms with Gasteiger partial charge >= 0.3 is 0 Å². The zero-order valence-corrected chi connectivity index (χ0v) is 13.3. The van der Waals surface area contributed by atoms with Gasteiger partial charge in [-0.1, -0.05) is 15.9 Å². The van der Waals surface area contributed by atoms with Crippen LogP contribution < -0.4 is 0 Å². The lowest BCUT2D eigenvalue weighted by molar-refractivity contribution is 0.0787. The van der Waals surface area contributed by atoms with E-state index in [-0.39, 0.29) is 5.91 Å². The lowest BCUT2D eigenvalue weighted by atomic mass is 10.1. The molecular formula is C11H13BrINOS. The van der Waals surface area contributed by atoms with Gasteiger partial charge in [0.1, 0.15) is 0 Å². The number of amides is 1. The van der Waals surface area contributed by atoms with E-state index in [4.69, 9.17) is 0 Å². The molecule has 2 nitrogen and oxygen atoms in total. The fourth-order valence-electron chi connectivity index (χ4n) is 2.01. The highest BCUT2D eigenvalue weighted by atomic mass is 127. The predicted molar refractivity (Wildman–Crippen MR) is 79.5 cm³/mol. The minimum atomic E-state index is 0.205. The van der Waals surface area contributed by atoms with Gasteiger partial charge in [0.25, 0.3) is 5.91 Å². The zero-order valence-electron chi connectivity index (χ0n) is 8.79. The Morgan fingerprint density at radius 2 is 2.50 bits per heavy atom. The SMILES string of the molecule is O=C(c1csc(I)c1)N1CCC(CCBr)C1. The first-order chi connectivity index (χ1) is 7.70. The van der Waals surface area contributed by atoms with Gasteiger partial charge in [-0.05, 0) is 47.4 Å². The van der Waals surface area contributed by atoms with Crippen LogP contribution in [-0.2, 0) is 0 Å². The normalized spacial score (nSPS) is 20.4. The number of thiophene rings is 1. The maximum atomic E-state index is 12.1. The molecule has 1 aromatic rings. The summed E-state index contributed by atoms with van der Waals surface area (Å²) in [6, 6.07) is 1.98. The first-order valence-electron chi connectivity index (χ1n) is 5.30. The van der Waals surface area contributed by atoms with Gasteiger partial charge < -0.3 is 4.90 Å². The molecule has 16 heavy (non-hydrogen) atoms. The summed E-state index contributed by atoms with van der Waals surface area (Å²) >= 11 is 7.35. The van der Waals surface area contributed by atoms with E-state index in [1.807, 2.05) is 16.3 Å². The first-order valence-corrected chi connectivity index (χ1v) is 8.38. The largest absolute Gasteiger partial charge is 0.338 e. The quantitative estimate of drug-likeness (QED) is 0.547. The second-order valence-corrected chi connectivity index (χ2v) is 7.62. The Morgan fingerprint density at radius 1 is 1.69 bits per heavy atom. The van der Waals surface area contributed by atoms with E-state index in [0.29, 0.717) is 5.92 Å². The number of hydrogen-bond acceptors (Lipinski definition) is 2. The van der Waals surface area contributed by atoms with Crippen LogP contribution in [-0.4, -0.2) is 29.2 Å². The van der Waals surface area contributed by atoms with Crippen molar-refractivity contribution < 1.29 is 4.79 Å². The maximum absolute atomic E-state index is 12.1. The van der Waals surface area contributed by atoms with E-state index < -0.39 is 0 Å². The highest BCUT2D eigenvalue weighted by Crippen LogP contribution is 2.24. The van der Waals surface area contributed by atoms with Gasteiger partial charge in [0.2, 0.25) is 0 Å². The Balaban J connectivity index is 1.97. The fourth-order valence-corrected chi connectivity index (χ4v) is 3.98. The number of halogens is 2. The van der Waals surface area contributed by atoms with Crippen molar-refractivity contribution in [2.24, 2.45) is 5.92 Å². The highest BCUT2D eigenvalue weighted by molar-refractivity contribution is 14.1. The molecule has 0 aliphatic carbocycles. The number of nitrogens with zero attached hydrogens (tertiary/aromatic N) is 1. The first kappa shape index (κ1) is 12.8. The summed E-state index contributed by atoms with van der Waals surface area (Å²) in [6.07, 6.45) is 2.32. The third kappa shape index (κ3) is 2.98. The summed E-state index contributed by atoms with van der Waals surface area (Å²) in [5.41, 5.74) is 0.855. The molecule has 2 rings (SSSR count). The molecule has 1 fully saturated rings. The molecule has 0 radical (unpaired) electrons. The molecule has 0 aromatic carbocycles. The second kappa shape index (κ2) is 5.82. The summed E-state index contributed by atoms with van der Waals surface area (Å²) in [4.78, 5) is 14.1. The minimum absolute atomic E-state index is 0.205. The Hall–Kier alpha value is 0.380. The Bertz CT molecular complexity index is 382. The fraction of sp³-hybridized carbons (Fsp3) is 0.545. The molecule has 1 aliphatic heterocycles. The number of carbonyl (C=O) groups is 1. The molecular weight excluding hydrogens is 401 g/mol. The van der Waals surface area contributed by atoms with E-state index in [0.717, 1.165) is 30.4 Å². The smallest absolute Gasteiger partial charge is 0.254 e. The molecule has 88 valence electrons. The zero-order chi connectivity index (χ0) is 11.5. The van der Waals surface area contributed by atoms with Crippen LogP contribution in [0, 0.1) is 8.80 Å². The van der Waals surface area contributed by atoms with Gasteiger partial charge in [-0.3, -0.25) is 4.79 Å². The highest BCUT2D eigenvalue weighted by Gasteiger charge is 2.26. The molecule has 1 saturated heterocycles. The molecule has 1 aromatic heterocycles. The van der Waals surface area contributed by atoms with Crippen molar-refractivity contribution in [3.63, 3.8) is 0 Å². The van der Waals surface area contributed by atoms with Gasteiger partial charge in [0.05, 0.1) is 8.45 Å². The van der Waals surface area contributed by atoms with E-state index in [9.17, 15) is 4.79 Å². The Kier molecular flexibility index (Phi) is 4.66. The lowest BCUT2D eigenvalue weighted by Gasteiger charge is -2.15. The average Bonchev–Trinajstić information content (AvgIpc) is 2.87. The molecule has 0 bridgehead atoms. The standard InChI is InChI=1S/C11H13BrINOS/c12-3-1-8-2-4-14(6-8)11(15)9-5-10(13)16-7-9/h5,7-8H,1-4,6H2. The van der Waals surface area contributed by atoms with Gasteiger partial charge in [-0.2, -0.15) is 0 Å². The summed E-state index contributed by atoms with van der Waals surface area (Å²) in [7, 11) is 0. The van der Waals surface area contributed by atoms with Crippen molar-refractivity contribution in [3.8, 4) is 0 Å². The number of alkyl halides is 1. The molecule has 0 spiro atoms. The number of likely N-dealkylation sites (tertiary alicyclic amines) is 1. The molecule has 0 saturated carbocycles. The molecule has 1 atom stereocenters. The van der Waals surface area contributed by atoms with E-state index in [2.05, 4.69) is 38.5 Å². The van der Waals surface area contributed by atoms with Gasteiger partial charge in [0.15, 0.2) is 0 Å². The van der Waals surface area contributed by atoms with Gasteiger partial charge in [-0.25, -0.2) is 0 Å². The van der Waals surface area contributed by atoms with Crippen LogP contribution in [0.1, 0.15) is 23.2 Å². The summed E-state index contributed by atoms with van der Waals surface area (Å²) < 4.78 is 1.18. The molecule has 0 N–H and O–H groups in total. The van der Waals surface area contributed by atoms with Crippen LogP contribution in [0.25, 0.3) is 0 Å². The van der Waals surface area contributed by atoms with Crippen molar-refractivity contribution in [1.29, 1.82) is 0 Å². The molecule has 1 unspecified atom stereocenters. The van der Waals surface area contributed by atoms with Crippen LogP contribution in [0.2, 0.25) is 0 Å². The molecule has 1 aliphatic rings. The molecule has 5 heteroatoms. The average molecular weight is 414 g/mol. The van der Waals surface area contributed by atoms with E-state index in [1.54, 1.807) is 11.3 Å². The van der Waals surface area contributed by atoms with Crippen molar-refractivity contribution in [2.75, 3.05) is 18.4 Å². The topological polar surface area (TPSA) is 20.3 Å². The van der Waals surface area contributed by atoms with Crippen molar-refractivity contribution in [3.05, 3.63) is 19.9 Å². The lowest BCUT2D eigenvalue weighted by Crippen LogP contribution is -2.28. The van der Waals surface area contributed by atoms with Crippen molar-refractivity contribution in [2.45, 2.75) is 12.8 Å². The number of rotatable bonds is 3. The number of carbonyl (C=O) groups excluding carboxylic acids is 1. The van der Waals surface area contributed by atoms with Crippen LogP contribution in [0.4, 0.5) is 0 Å². The summed E-state index contributed by atoms with van der Waals surface area (Å²) in [5, 5.41) is 3.00. The van der Waals surface area contributed by atoms with Crippen molar-refractivity contribution in [1.82, 2.24) is 4.90 Å². The monoisotopic (exact) mass is 413 g/mol. The molecule has 1 amide bonds. The minimum Gasteiger partial charge on any atom is -0.338 e. The summed E-state index contributed by atoms with van der Waals surface area (Å²) in [5.74, 6) is 0.886. The van der Waals surface area contributed by atoms with Crippen molar-refractivity contribution >= 4 is 55.8 Å². The van der Waals surface area contributed by atoms with Crippen LogP contribution in [0.3, 0.4) is 0 Å². The third-order valence-corrected chi connectivity index (χ3v) is 5.15. The third-order valence-electron chi connectivity index (χ3n) is 2.90. The van der Waals surface area contributed by atoms with Crippen LogP contribution in [0.5, 0.6) is 0 Å². The van der Waals surface area contributed by atoms with E-state index in [1.165, 1.54) is 9.30 Å². The predicted octanol–water partition coefficient (Wildman–Crippen LogP) is 3.60. The second-order valence-electron chi connectivity index (χ2n) is 4.02. The van der Waals surface area contributed by atoms with E-state index >= 15 is 0 Å². The maximum Gasteiger partial charge on any atom is 0.254 e. The number of hydrogen-bond donors (Lipinski definition) is 0. The van der Waals surface area contributed by atoms with Gasteiger partial charge in [0, 0.05) is 23.8 Å². The van der Waals surface area contributed by atoms with Crippen LogP contribution >= 0.6 is 49.9 Å². The Morgan fingerprint density at radius 3 is 3.12 bits per heavy atom. The van der Waals surface area contributed by atoms with Gasteiger partial charge in [-0.15, -0.1) is 11.3 Å². The molecule has 2 heterocycles. The van der Waals surface area contributed by atoms with Crippen LogP contribution in [0.15, 0.2) is 11.4 Å². The Labute approximate surface area is 122 Å².